The smallest absolute Gasteiger partial charge is 0.416 e. The fourth-order valence-electron chi connectivity index (χ4n) is 6.08. The largest absolute Gasteiger partial charge is 0.450 e. The van der Waals surface area contributed by atoms with E-state index in [2.05, 4.69) is 4.90 Å². The number of carbonyl (C=O) groups excluding carboxylic acids is 2. The number of hydrogen-bond acceptors (Lipinski definition) is 6. The van der Waals surface area contributed by atoms with Gasteiger partial charge in [-0.3, -0.25) is 9.69 Å². The maximum absolute atomic E-state index is 13.8. The van der Waals surface area contributed by atoms with Crippen LogP contribution in [0.25, 0.3) is 0 Å². The molecule has 0 radical (unpaired) electrons. The average Bonchev–Trinajstić information content (AvgIpc) is 3.11. The van der Waals surface area contributed by atoms with Gasteiger partial charge in [0.15, 0.2) is 0 Å². The summed E-state index contributed by atoms with van der Waals surface area (Å²) < 4.78 is 56.7. The number of methoxy groups -OCH3 is 1. The highest BCUT2D eigenvalue weighted by molar-refractivity contribution is 6.07. The van der Waals surface area contributed by atoms with Crippen molar-refractivity contribution in [2.45, 2.75) is 63.1 Å². The van der Waals surface area contributed by atoms with Gasteiger partial charge < -0.3 is 19.1 Å². The van der Waals surface area contributed by atoms with Crippen molar-refractivity contribution in [2.24, 2.45) is 0 Å². The van der Waals surface area contributed by atoms with Crippen LogP contribution in [0, 0.1) is 0 Å². The summed E-state index contributed by atoms with van der Waals surface area (Å²) in [5.74, 6) is -0.819. The van der Waals surface area contributed by atoms with Crippen LogP contribution >= 0.6 is 0 Å². The first kappa shape index (κ1) is 25.2. The maximum atomic E-state index is 13.8. The Kier molecular flexibility index (Phi) is 6.63. The highest BCUT2D eigenvalue weighted by Crippen LogP contribution is 2.43. The summed E-state index contributed by atoms with van der Waals surface area (Å²) in [5, 5.41) is 0. The number of ether oxygens (including phenoxy) is 3. The molecule has 2 fully saturated rings. The third-order valence-corrected chi connectivity index (χ3v) is 8.12. The van der Waals surface area contributed by atoms with Crippen LogP contribution in [0.15, 0.2) is 29.3 Å². The van der Waals surface area contributed by atoms with Gasteiger partial charge in [-0.15, -0.1) is 0 Å². The number of carbonyl (C=O) groups is 2. The SMILES string of the molecule is CO[C@H]1COCC[C@H]1N1CCC2(CC1)OC(=O)C(C)=C2C(=O)N1CCc2ccc(C(F)(F)F)cc2C1. The second kappa shape index (κ2) is 9.46. The summed E-state index contributed by atoms with van der Waals surface area (Å²) in [6.07, 6.45) is -2.22. The molecular weight excluding hydrogens is 477 g/mol. The van der Waals surface area contributed by atoms with E-state index >= 15 is 0 Å². The fourth-order valence-corrected chi connectivity index (χ4v) is 6.08. The van der Waals surface area contributed by atoms with E-state index in [0.717, 1.165) is 24.1 Å². The van der Waals surface area contributed by atoms with Crippen LogP contribution in [0.5, 0.6) is 0 Å². The topological polar surface area (TPSA) is 68.3 Å². The summed E-state index contributed by atoms with van der Waals surface area (Å²) in [7, 11) is 1.67. The Balaban J connectivity index is 1.34. The standard InChI is InChI=1S/C26H31F3N2O5/c1-16-22(23(32)31-9-5-17-3-4-19(26(27,28)29)13-18(17)14-31)25(36-24(16)33)7-10-30(11-8-25)20-6-12-35-15-21(20)34-2/h3-4,13,20-21H,5-12,14-15H2,1-2H3/t20-,21+/m1/s1. The highest BCUT2D eigenvalue weighted by Gasteiger charge is 2.52. The number of benzene rings is 1. The van der Waals surface area contributed by atoms with Crippen molar-refractivity contribution in [3.63, 3.8) is 0 Å². The van der Waals surface area contributed by atoms with Gasteiger partial charge in [-0.2, -0.15) is 13.2 Å². The molecule has 36 heavy (non-hydrogen) atoms. The van der Waals surface area contributed by atoms with Gasteiger partial charge in [-0.25, -0.2) is 4.79 Å². The lowest BCUT2D eigenvalue weighted by molar-refractivity contribution is -0.154. The van der Waals surface area contributed by atoms with Gasteiger partial charge in [0.25, 0.3) is 5.91 Å². The van der Waals surface area contributed by atoms with Gasteiger partial charge in [-0.1, -0.05) is 6.07 Å². The number of likely N-dealkylation sites (tertiary alicyclic amines) is 1. The van der Waals surface area contributed by atoms with Gasteiger partial charge >= 0.3 is 12.1 Å². The van der Waals surface area contributed by atoms with E-state index < -0.39 is 23.3 Å². The number of nitrogens with zero attached hydrogens (tertiary/aromatic N) is 2. The number of esters is 1. The zero-order valence-corrected chi connectivity index (χ0v) is 20.5. The zero-order chi connectivity index (χ0) is 25.7. The predicted molar refractivity (Wildman–Crippen MR) is 123 cm³/mol. The number of hydrogen-bond donors (Lipinski definition) is 0. The highest BCUT2D eigenvalue weighted by atomic mass is 19.4. The molecule has 4 aliphatic rings. The second-order valence-electron chi connectivity index (χ2n) is 10.1. The summed E-state index contributed by atoms with van der Waals surface area (Å²) in [5.41, 5.74) is 0.223. The molecule has 7 nitrogen and oxygen atoms in total. The van der Waals surface area contributed by atoms with Crippen molar-refractivity contribution >= 4 is 11.9 Å². The first-order valence-electron chi connectivity index (χ1n) is 12.4. The lowest BCUT2D eigenvalue weighted by Gasteiger charge is -2.46. The first-order chi connectivity index (χ1) is 17.1. The minimum atomic E-state index is -4.45. The van der Waals surface area contributed by atoms with E-state index in [1.54, 1.807) is 18.9 Å². The van der Waals surface area contributed by atoms with Crippen LogP contribution in [0.1, 0.15) is 42.9 Å². The van der Waals surface area contributed by atoms with Gasteiger partial charge in [0.05, 0.1) is 23.8 Å². The third-order valence-electron chi connectivity index (χ3n) is 8.12. The Bertz CT molecular complexity index is 1080. The molecule has 1 spiro atoms. The predicted octanol–water partition coefficient (Wildman–Crippen LogP) is 3.10. The molecule has 0 saturated carbocycles. The fraction of sp³-hybridized carbons (Fsp3) is 0.615. The van der Waals surface area contributed by atoms with Crippen LogP contribution in [0.3, 0.4) is 0 Å². The molecule has 0 aliphatic carbocycles. The molecule has 10 heteroatoms. The van der Waals surface area contributed by atoms with Gasteiger partial charge in [0, 0.05) is 64.4 Å². The van der Waals surface area contributed by atoms with Crippen molar-refractivity contribution in [3.8, 4) is 0 Å². The monoisotopic (exact) mass is 508 g/mol. The molecule has 0 aromatic heterocycles. The van der Waals surface area contributed by atoms with Crippen molar-refractivity contribution in [1.29, 1.82) is 0 Å². The summed E-state index contributed by atoms with van der Waals surface area (Å²) >= 11 is 0. The molecule has 5 rings (SSSR count). The van der Waals surface area contributed by atoms with Crippen molar-refractivity contribution < 1.29 is 37.0 Å². The number of rotatable bonds is 3. The Morgan fingerprint density at radius 1 is 1.17 bits per heavy atom. The lowest BCUT2D eigenvalue weighted by atomic mass is 9.81. The van der Waals surface area contributed by atoms with E-state index in [9.17, 15) is 22.8 Å². The Labute approximate surface area is 208 Å². The van der Waals surface area contributed by atoms with Crippen molar-refractivity contribution in [1.82, 2.24) is 9.80 Å². The van der Waals surface area contributed by atoms with Crippen LogP contribution in [-0.4, -0.2) is 79.4 Å². The Morgan fingerprint density at radius 3 is 2.61 bits per heavy atom. The van der Waals surface area contributed by atoms with Crippen molar-refractivity contribution in [2.75, 3.05) is 40.0 Å². The number of alkyl halides is 3. The molecule has 0 unspecified atom stereocenters. The minimum absolute atomic E-state index is 0.0349. The Hall–Kier alpha value is -2.43. The van der Waals surface area contributed by atoms with Crippen LogP contribution in [-0.2, 0) is 42.9 Å². The number of piperidine rings is 1. The molecule has 196 valence electrons. The molecule has 1 amide bonds. The summed E-state index contributed by atoms with van der Waals surface area (Å²) in [6.45, 7) is 4.53. The van der Waals surface area contributed by atoms with E-state index in [1.165, 1.54) is 6.07 Å². The molecule has 4 heterocycles. The lowest BCUT2D eigenvalue weighted by Crippen LogP contribution is -2.56. The van der Waals surface area contributed by atoms with Crippen LogP contribution < -0.4 is 0 Å². The minimum Gasteiger partial charge on any atom is -0.450 e. The maximum Gasteiger partial charge on any atom is 0.416 e. The number of fused-ring (bicyclic) bond motifs is 1. The zero-order valence-electron chi connectivity index (χ0n) is 20.5. The average molecular weight is 509 g/mol. The first-order valence-corrected chi connectivity index (χ1v) is 12.4. The number of halogens is 3. The van der Waals surface area contributed by atoms with Gasteiger partial charge in [-0.05, 0) is 43.0 Å². The van der Waals surface area contributed by atoms with Gasteiger partial charge in [0.1, 0.15) is 5.60 Å². The molecular formula is C26H31F3N2O5. The van der Waals surface area contributed by atoms with E-state index in [0.29, 0.717) is 68.8 Å². The molecule has 1 aromatic rings. The molecule has 2 saturated heterocycles. The summed E-state index contributed by atoms with van der Waals surface area (Å²) in [6, 6.07) is 3.90. The Morgan fingerprint density at radius 2 is 1.92 bits per heavy atom. The molecule has 0 N–H and O–H groups in total. The van der Waals surface area contributed by atoms with E-state index in [4.69, 9.17) is 14.2 Å². The molecule has 2 atom stereocenters. The van der Waals surface area contributed by atoms with Gasteiger partial charge in [0.2, 0.25) is 0 Å². The van der Waals surface area contributed by atoms with Crippen molar-refractivity contribution in [3.05, 3.63) is 46.0 Å². The molecule has 0 bridgehead atoms. The van der Waals surface area contributed by atoms with Crippen LogP contribution in [0.4, 0.5) is 13.2 Å². The molecule has 4 aliphatic heterocycles. The third kappa shape index (κ3) is 4.43. The van der Waals surface area contributed by atoms with E-state index in [1.807, 2.05) is 0 Å². The normalized spacial score (nSPS) is 26.8. The molecule has 1 aromatic carbocycles. The quantitative estimate of drug-likeness (QED) is 0.585. The van der Waals surface area contributed by atoms with E-state index in [-0.39, 0.29) is 24.6 Å². The summed E-state index contributed by atoms with van der Waals surface area (Å²) in [4.78, 5) is 30.3. The number of amides is 1. The van der Waals surface area contributed by atoms with Crippen LogP contribution in [0.2, 0.25) is 0 Å². The second-order valence-corrected chi connectivity index (χ2v) is 10.1.